The highest BCUT2D eigenvalue weighted by atomic mass is 16.5. The van der Waals surface area contributed by atoms with Crippen molar-refractivity contribution in [1.29, 1.82) is 0 Å². The highest BCUT2D eigenvalue weighted by Gasteiger charge is 2.18. The Labute approximate surface area is 176 Å². The molecule has 6 heteroatoms. The predicted molar refractivity (Wildman–Crippen MR) is 119 cm³/mol. The van der Waals surface area contributed by atoms with Crippen LogP contribution in [0.4, 0.5) is 0 Å². The van der Waals surface area contributed by atoms with Gasteiger partial charge >= 0.3 is 0 Å². The molecule has 5 rings (SSSR count). The number of rotatable bonds is 7. The van der Waals surface area contributed by atoms with E-state index >= 15 is 0 Å². The monoisotopic (exact) mass is 402 g/mol. The summed E-state index contributed by atoms with van der Waals surface area (Å²) in [7, 11) is 2.11. The van der Waals surface area contributed by atoms with Gasteiger partial charge in [0.15, 0.2) is 0 Å². The van der Waals surface area contributed by atoms with Gasteiger partial charge in [-0.15, -0.1) is 0 Å². The first-order chi connectivity index (χ1) is 14.7. The number of aliphatic imine (C=N–C) groups is 1. The molecule has 0 amide bonds. The molecule has 0 aliphatic carbocycles. The van der Waals surface area contributed by atoms with Crippen LogP contribution in [0.25, 0.3) is 16.6 Å². The lowest BCUT2D eigenvalue weighted by atomic mass is 10.1. The van der Waals surface area contributed by atoms with E-state index in [1.807, 2.05) is 36.5 Å². The van der Waals surface area contributed by atoms with Crippen molar-refractivity contribution < 1.29 is 9.47 Å². The summed E-state index contributed by atoms with van der Waals surface area (Å²) in [5.74, 6) is 2.56. The van der Waals surface area contributed by atoms with E-state index in [1.165, 1.54) is 17.6 Å². The number of likely N-dealkylation sites (N-methyl/N-ethyl adjacent to an activating group) is 1. The first-order valence-electron chi connectivity index (χ1n) is 10.5. The zero-order valence-electron chi connectivity index (χ0n) is 17.2. The molecule has 0 radical (unpaired) electrons. The summed E-state index contributed by atoms with van der Waals surface area (Å²) in [4.78, 5) is 14.6. The number of allylic oxidation sites excluding steroid dienone is 1. The molecule has 30 heavy (non-hydrogen) atoms. The number of aromatic nitrogens is 2. The van der Waals surface area contributed by atoms with Crippen LogP contribution >= 0.6 is 0 Å². The molecule has 2 aromatic carbocycles. The van der Waals surface area contributed by atoms with Crippen molar-refractivity contribution in [3.63, 3.8) is 0 Å². The third-order valence-electron chi connectivity index (χ3n) is 5.56. The van der Waals surface area contributed by atoms with E-state index < -0.39 is 0 Å². The summed E-state index contributed by atoms with van der Waals surface area (Å²) < 4.78 is 11.8. The van der Waals surface area contributed by atoms with Crippen LogP contribution in [0.5, 0.6) is 11.5 Å². The van der Waals surface area contributed by atoms with Crippen molar-refractivity contribution in [2.24, 2.45) is 4.99 Å². The molecule has 0 spiro atoms. The van der Waals surface area contributed by atoms with Crippen molar-refractivity contribution in [3.8, 4) is 11.5 Å². The van der Waals surface area contributed by atoms with Crippen molar-refractivity contribution in [2.75, 3.05) is 26.7 Å². The summed E-state index contributed by atoms with van der Waals surface area (Å²) in [6.45, 7) is 3.35. The van der Waals surface area contributed by atoms with Gasteiger partial charge in [0.1, 0.15) is 17.3 Å². The van der Waals surface area contributed by atoms with Crippen LogP contribution in [0.2, 0.25) is 0 Å². The largest absolute Gasteiger partial charge is 0.457 e. The number of imidazole rings is 1. The molecule has 0 saturated carbocycles. The van der Waals surface area contributed by atoms with Crippen LogP contribution in [0.15, 0.2) is 53.5 Å². The number of H-pyrrole nitrogens is 1. The fourth-order valence-electron chi connectivity index (χ4n) is 4.04. The van der Waals surface area contributed by atoms with Crippen molar-refractivity contribution >= 4 is 22.8 Å². The molecule has 0 bridgehead atoms. The van der Waals surface area contributed by atoms with Gasteiger partial charge in [-0.25, -0.2) is 4.98 Å². The van der Waals surface area contributed by atoms with Crippen LogP contribution in [-0.2, 0) is 11.3 Å². The van der Waals surface area contributed by atoms with Gasteiger partial charge in [-0.05, 0) is 61.4 Å². The fraction of sp³-hybridized carbons (Fsp3) is 0.333. The van der Waals surface area contributed by atoms with Gasteiger partial charge in [0.25, 0.3) is 0 Å². The molecule has 1 N–H and O–H groups in total. The van der Waals surface area contributed by atoms with E-state index in [2.05, 4.69) is 40.1 Å². The lowest BCUT2D eigenvalue weighted by Gasteiger charge is -2.19. The molecule has 6 nitrogen and oxygen atoms in total. The van der Waals surface area contributed by atoms with Crippen LogP contribution in [0, 0.1) is 0 Å². The van der Waals surface area contributed by atoms with E-state index in [0.29, 0.717) is 6.10 Å². The highest BCUT2D eigenvalue weighted by Crippen LogP contribution is 2.27. The molecule has 3 heterocycles. The summed E-state index contributed by atoms with van der Waals surface area (Å²) in [6, 6.07) is 14.1. The molecule has 2 aliphatic heterocycles. The molecule has 2 aliphatic rings. The number of benzene rings is 2. The van der Waals surface area contributed by atoms with Crippen LogP contribution in [0.3, 0.4) is 0 Å². The molecule has 3 aromatic rings. The Balaban J connectivity index is 1.24. The summed E-state index contributed by atoms with van der Waals surface area (Å²) >= 11 is 0. The van der Waals surface area contributed by atoms with E-state index in [-0.39, 0.29) is 0 Å². The zero-order chi connectivity index (χ0) is 20.3. The van der Waals surface area contributed by atoms with Gasteiger partial charge in [0.05, 0.1) is 30.2 Å². The first kappa shape index (κ1) is 19.0. The molecular formula is C24H26N4O2. The Morgan fingerprint density at radius 3 is 2.80 bits per heavy atom. The SMILES string of the molecule is CN(Cc1nc2ccc(Oc3ccc(C4=CC=NC4)cc3)cc2[nH]1)C[C@@H]1CCCO1. The van der Waals surface area contributed by atoms with Crippen molar-refractivity contribution in [1.82, 2.24) is 14.9 Å². The minimum absolute atomic E-state index is 0.350. The Morgan fingerprint density at radius 1 is 1.17 bits per heavy atom. The molecule has 154 valence electrons. The van der Waals surface area contributed by atoms with E-state index in [4.69, 9.17) is 14.5 Å². The second-order valence-electron chi connectivity index (χ2n) is 8.00. The number of fused-ring (bicyclic) bond motifs is 1. The lowest BCUT2D eigenvalue weighted by Crippen LogP contribution is -2.28. The average molecular weight is 402 g/mol. The van der Waals surface area contributed by atoms with Crippen molar-refractivity contribution in [2.45, 2.75) is 25.5 Å². The zero-order valence-corrected chi connectivity index (χ0v) is 17.2. The fourth-order valence-corrected chi connectivity index (χ4v) is 4.04. The third-order valence-corrected chi connectivity index (χ3v) is 5.56. The maximum atomic E-state index is 6.06. The standard InChI is InChI=1S/C24H26N4O2/c1-28(15-21-3-2-12-29-21)16-24-26-22-9-8-20(13-23(22)27-24)30-19-6-4-17(5-7-19)18-10-11-25-14-18/h4-11,13,21H,2-3,12,14-16H2,1H3,(H,26,27)/t21-/m0/s1. The Hall–Kier alpha value is -2.96. The number of hydrogen-bond acceptors (Lipinski definition) is 5. The van der Waals surface area contributed by atoms with Crippen LogP contribution in [-0.4, -0.2) is 53.9 Å². The lowest BCUT2D eigenvalue weighted by molar-refractivity contribution is 0.0787. The van der Waals surface area contributed by atoms with Gasteiger partial charge < -0.3 is 14.5 Å². The Kier molecular flexibility index (Phi) is 5.34. The molecule has 1 fully saturated rings. The normalized spacial score (nSPS) is 18.5. The van der Waals surface area contributed by atoms with Gasteiger partial charge in [-0.3, -0.25) is 9.89 Å². The van der Waals surface area contributed by atoms with Crippen LogP contribution in [0.1, 0.15) is 24.2 Å². The number of nitrogens with zero attached hydrogens (tertiary/aromatic N) is 3. The smallest absolute Gasteiger partial charge is 0.129 e. The quantitative estimate of drug-likeness (QED) is 0.635. The predicted octanol–water partition coefficient (Wildman–Crippen LogP) is 4.43. The van der Waals surface area contributed by atoms with Gasteiger partial charge in [-0.1, -0.05) is 12.1 Å². The molecule has 0 unspecified atom stereocenters. The number of hydrogen-bond donors (Lipinski definition) is 1. The number of ether oxygens (including phenoxy) is 2. The minimum Gasteiger partial charge on any atom is -0.457 e. The van der Waals surface area contributed by atoms with Gasteiger partial charge in [0.2, 0.25) is 0 Å². The van der Waals surface area contributed by atoms with Crippen molar-refractivity contribution in [3.05, 3.63) is 59.9 Å². The third kappa shape index (κ3) is 4.30. The summed E-state index contributed by atoms with van der Waals surface area (Å²) in [5, 5.41) is 0. The average Bonchev–Trinajstić information content (AvgIpc) is 3.50. The van der Waals surface area contributed by atoms with E-state index in [0.717, 1.165) is 61.0 Å². The van der Waals surface area contributed by atoms with Gasteiger partial charge in [-0.2, -0.15) is 0 Å². The van der Waals surface area contributed by atoms with Gasteiger partial charge in [0, 0.05) is 25.4 Å². The van der Waals surface area contributed by atoms with E-state index in [1.54, 1.807) is 0 Å². The maximum absolute atomic E-state index is 6.06. The topological polar surface area (TPSA) is 62.7 Å². The van der Waals surface area contributed by atoms with E-state index in [9.17, 15) is 0 Å². The minimum atomic E-state index is 0.350. The Bertz CT molecular complexity index is 1080. The molecule has 1 aromatic heterocycles. The second kappa shape index (κ2) is 8.42. The first-order valence-corrected chi connectivity index (χ1v) is 10.5. The Morgan fingerprint density at radius 2 is 2.03 bits per heavy atom. The number of aromatic amines is 1. The molecule has 1 atom stereocenters. The summed E-state index contributed by atoms with van der Waals surface area (Å²) in [5.41, 5.74) is 4.35. The number of nitrogens with one attached hydrogen (secondary N) is 1. The van der Waals surface area contributed by atoms with Crippen LogP contribution < -0.4 is 4.74 Å². The summed E-state index contributed by atoms with van der Waals surface area (Å²) in [6.07, 6.45) is 6.58. The highest BCUT2D eigenvalue weighted by molar-refractivity contribution is 5.89. The molecular weight excluding hydrogens is 376 g/mol. The second-order valence-corrected chi connectivity index (χ2v) is 8.00. The maximum Gasteiger partial charge on any atom is 0.129 e. The molecule has 1 saturated heterocycles.